The molecule has 0 spiro atoms. The Labute approximate surface area is 104 Å². The monoisotopic (exact) mass is 254 g/mol. The van der Waals surface area contributed by atoms with Crippen LogP contribution in [0.1, 0.15) is 36.5 Å². The maximum Gasteiger partial charge on any atom is 0.254 e. The Bertz CT molecular complexity index is 476. The van der Waals surface area contributed by atoms with E-state index >= 15 is 0 Å². The fourth-order valence-electron chi connectivity index (χ4n) is 2.38. The van der Waals surface area contributed by atoms with Crippen molar-refractivity contribution < 1.29 is 13.6 Å². The molecule has 0 saturated heterocycles. The first-order valence-corrected chi connectivity index (χ1v) is 6.02. The zero-order valence-electron chi connectivity index (χ0n) is 10.2. The molecule has 0 bridgehead atoms. The Balaban J connectivity index is 2.14. The molecule has 2 rings (SSSR count). The predicted octanol–water partition coefficient (Wildman–Crippen LogP) is 2.47. The molecule has 1 aliphatic carbocycles. The smallest absolute Gasteiger partial charge is 0.254 e. The van der Waals surface area contributed by atoms with Crippen molar-refractivity contribution in [2.45, 2.75) is 32.2 Å². The van der Waals surface area contributed by atoms with Gasteiger partial charge in [-0.2, -0.15) is 0 Å². The Morgan fingerprint density at radius 2 is 2.11 bits per heavy atom. The van der Waals surface area contributed by atoms with Crippen LogP contribution in [0.3, 0.4) is 0 Å². The highest BCUT2D eigenvalue weighted by Crippen LogP contribution is 2.25. The quantitative estimate of drug-likeness (QED) is 0.796. The number of hydrogen-bond donors (Lipinski definition) is 2. The number of nitrogen functional groups attached to an aromatic ring is 1. The summed E-state index contributed by atoms with van der Waals surface area (Å²) in [5, 5.41) is 2.72. The van der Waals surface area contributed by atoms with Crippen LogP contribution in [0.4, 0.5) is 14.5 Å². The average Bonchev–Trinajstić information content (AvgIpc) is 2.69. The van der Waals surface area contributed by atoms with Crippen LogP contribution in [-0.2, 0) is 0 Å². The van der Waals surface area contributed by atoms with Crippen LogP contribution in [0.25, 0.3) is 0 Å². The number of rotatable bonds is 2. The number of carbonyl (C=O) groups excluding carboxylic acids is 1. The van der Waals surface area contributed by atoms with Gasteiger partial charge in [0.1, 0.15) is 5.82 Å². The number of anilines is 1. The van der Waals surface area contributed by atoms with Gasteiger partial charge in [0.25, 0.3) is 5.91 Å². The lowest BCUT2D eigenvalue weighted by molar-refractivity contribution is 0.0933. The van der Waals surface area contributed by atoms with Crippen molar-refractivity contribution >= 4 is 11.6 Å². The molecule has 3 nitrogen and oxygen atoms in total. The van der Waals surface area contributed by atoms with Gasteiger partial charge in [0.15, 0.2) is 5.82 Å². The molecule has 18 heavy (non-hydrogen) atoms. The summed E-state index contributed by atoms with van der Waals surface area (Å²) in [6.45, 7) is 2.10. The van der Waals surface area contributed by atoms with Gasteiger partial charge in [-0.1, -0.05) is 6.92 Å². The minimum absolute atomic E-state index is 0.0383. The summed E-state index contributed by atoms with van der Waals surface area (Å²) < 4.78 is 26.7. The number of carbonyl (C=O) groups is 1. The van der Waals surface area contributed by atoms with E-state index in [0.29, 0.717) is 5.92 Å². The fraction of sp³-hybridized carbons (Fsp3) is 0.462. The highest BCUT2D eigenvalue weighted by molar-refractivity contribution is 5.95. The summed E-state index contributed by atoms with van der Waals surface area (Å²) in [7, 11) is 0. The molecule has 98 valence electrons. The Morgan fingerprint density at radius 1 is 1.39 bits per heavy atom. The van der Waals surface area contributed by atoms with Crippen molar-refractivity contribution in [3.8, 4) is 0 Å². The lowest BCUT2D eigenvalue weighted by Crippen LogP contribution is -2.33. The second kappa shape index (κ2) is 4.92. The largest absolute Gasteiger partial charge is 0.396 e. The lowest BCUT2D eigenvalue weighted by Gasteiger charge is -2.13. The minimum Gasteiger partial charge on any atom is -0.396 e. The third-order valence-corrected chi connectivity index (χ3v) is 3.34. The predicted molar refractivity (Wildman–Crippen MR) is 65.0 cm³/mol. The van der Waals surface area contributed by atoms with Crippen molar-refractivity contribution in [1.29, 1.82) is 0 Å². The molecule has 0 aliphatic heterocycles. The lowest BCUT2D eigenvalue weighted by atomic mass is 10.1. The third kappa shape index (κ3) is 2.60. The molecule has 5 heteroatoms. The van der Waals surface area contributed by atoms with E-state index in [1.165, 1.54) is 0 Å². The Hall–Kier alpha value is -1.65. The molecule has 0 heterocycles. The molecule has 1 aromatic carbocycles. The van der Waals surface area contributed by atoms with E-state index in [-0.39, 0.29) is 17.3 Å². The number of halogens is 2. The van der Waals surface area contributed by atoms with Crippen molar-refractivity contribution in [1.82, 2.24) is 5.32 Å². The first-order chi connectivity index (χ1) is 8.47. The summed E-state index contributed by atoms with van der Waals surface area (Å²) in [6, 6.07) is 1.78. The molecule has 3 N–H and O–H groups in total. The first kappa shape index (κ1) is 12.8. The van der Waals surface area contributed by atoms with E-state index in [0.717, 1.165) is 31.4 Å². The zero-order chi connectivity index (χ0) is 13.3. The van der Waals surface area contributed by atoms with Gasteiger partial charge in [0.2, 0.25) is 0 Å². The van der Waals surface area contributed by atoms with Crippen LogP contribution < -0.4 is 11.1 Å². The van der Waals surface area contributed by atoms with E-state index in [1.807, 2.05) is 0 Å². The van der Waals surface area contributed by atoms with Gasteiger partial charge in [-0.3, -0.25) is 4.79 Å². The second-order valence-corrected chi connectivity index (χ2v) is 4.95. The van der Waals surface area contributed by atoms with Crippen LogP contribution in [0.15, 0.2) is 12.1 Å². The van der Waals surface area contributed by atoms with Crippen molar-refractivity contribution in [3.05, 3.63) is 29.3 Å². The number of hydrogen-bond acceptors (Lipinski definition) is 2. The second-order valence-electron chi connectivity index (χ2n) is 4.95. The van der Waals surface area contributed by atoms with Crippen LogP contribution in [0, 0.1) is 17.6 Å². The highest BCUT2D eigenvalue weighted by Gasteiger charge is 2.24. The van der Waals surface area contributed by atoms with Crippen molar-refractivity contribution in [3.63, 3.8) is 0 Å². The topological polar surface area (TPSA) is 55.1 Å². The molecule has 1 aliphatic rings. The van der Waals surface area contributed by atoms with Gasteiger partial charge in [-0.15, -0.1) is 0 Å². The molecule has 2 atom stereocenters. The maximum atomic E-state index is 13.6. The normalized spacial score (nSPS) is 23.1. The summed E-state index contributed by atoms with van der Waals surface area (Å²) in [6.07, 6.45) is 2.79. The van der Waals surface area contributed by atoms with Crippen LogP contribution >= 0.6 is 0 Å². The summed E-state index contributed by atoms with van der Waals surface area (Å²) in [5.74, 6) is -1.62. The molecule has 1 fully saturated rings. The Kier molecular flexibility index (Phi) is 3.50. The number of nitrogens with one attached hydrogen (secondary N) is 1. The van der Waals surface area contributed by atoms with E-state index in [2.05, 4.69) is 12.2 Å². The van der Waals surface area contributed by atoms with E-state index in [9.17, 15) is 13.6 Å². The molecule has 0 aromatic heterocycles. The molecular formula is C13H16F2N2O. The van der Waals surface area contributed by atoms with E-state index in [1.54, 1.807) is 0 Å². The zero-order valence-corrected chi connectivity index (χ0v) is 10.2. The van der Waals surface area contributed by atoms with Gasteiger partial charge in [-0.25, -0.2) is 8.78 Å². The van der Waals surface area contributed by atoms with Gasteiger partial charge < -0.3 is 11.1 Å². The van der Waals surface area contributed by atoms with Crippen LogP contribution in [0.2, 0.25) is 0 Å². The number of nitrogens with two attached hydrogens (primary N) is 1. The highest BCUT2D eigenvalue weighted by atomic mass is 19.1. The van der Waals surface area contributed by atoms with Gasteiger partial charge in [0.05, 0.1) is 11.3 Å². The van der Waals surface area contributed by atoms with Crippen molar-refractivity contribution in [2.24, 2.45) is 5.92 Å². The number of benzene rings is 1. The molecule has 0 radical (unpaired) electrons. The van der Waals surface area contributed by atoms with E-state index in [4.69, 9.17) is 5.73 Å². The standard InChI is InChI=1S/C13H16F2N2O/c1-7-2-3-9(4-7)17-13(18)10-5-8(14)6-11(16)12(10)15/h5-7,9H,2-4,16H2,1H3,(H,17,18). The molecule has 1 aromatic rings. The molecular weight excluding hydrogens is 238 g/mol. The molecule has 2 unspecified atom stereocenters. The van der Waals surface area contributed by atoms with Crippen molar-refractivity contribution in [2.75, 3.05) is 5.73 Å². The molecule has 1 saturated carbocycles. The minimum atomic E-state index is -0.861. The Morgan fingerprint density at radius 3 is 2.72 bits per heavy atom. The van der Waals surface area contributed by atoms with Gasteiger partial charge in [-0.05, 0) is 37.3 Å². The summed E-state index contributed by atoms with van der Waals surface area (Å²) in [4.78, 5) is 11.9. The van der Waals surface area contributed by atoms with Gasteiger partial charge in [0, 0.05) is 6.04 Å². The summed E-state index contributed by atoms with van der Waals surface area (Å²) in [5.41, 5.74) is 4.62. The van der Waals surface area contributed by atoms with Gasteiger partial charge >= 0.3 is 0 Å². The molecule has 1 amide bonds. The SMILES string of the molecule is CC1CCC(NC(=O)c2cc(F)cc(N)c2F)C1. The summed E-state index contributed by atoms with van der Waals surface area (Å²) >= 11 is 0. The number of amides is 1. The van der Waals surface area contributed by atoms with Crippen LogP contribution in [-0.4, -0.2) is 11.9 Å². The maximum absolute atomic E-state index is 13.6. The fourth-order valence-corrected chi connectivity index (χ4v) is 2.38. The van der Waals surface area contributed by atoms with Crippen LogP contribution in [0.5, 0.6) is 0 Å². The average molecular weight is 254 g/mol. The first-order valence-electron chi connectivity index (χ1n) is 6.02. The third-order valence-electron chi connectivity index (χ3n) is 3.34. The van der Waals surface area contributed by atoms with E-state index < -0.39 is 17.5 Å².